The number of hydrogen-bond acceptors (Lipinski definition) is 5. The number of carbonyl (C=O) groups excluding carboxylic acids is 2. The first-order valence-corrected chi connectivity index (χ1v) is 11.3. The summed E-state index contributed by atoms with van der Waals surface area (Å²) in [6, 6.07) is 13.7. The van der Waals surface area contributed by atoms with Crippen molar-refractivity contribution in [1.29, 1.82) is 0 Å². The number of pyridine rings is 1. The molecule has 1 fully saturated rings. The molecule has 0 radical (unpaired) electrons. The van der Waals surface area contributed by atoms with Gasteiger partial charge < -0.3 is 9.84 Å². The lowest BCUT2D eigenvalue weighted by atomic mass is 9.95. The Bertz CT molecular complexity index is 1260. The number of aryl methyl sites for hydroxylation is 3. The Kier molecular flexibility index (Phi) is 6.50. The maximum atomic E-state index is 13.3. The number of amides is 1. The summed E-state index contributed by atoms with van der Waals surface area (Å²) in [6.45, 7) is 8.39. The fraction of sp³-hybridized carbons (Fsp3) is 0.250. The van der Waals surface area contributed by atoms with E-state index in [-0.39, 0.29) is 11.3 Å². The maximum absolute atomic E-state index is 13.3. The van der Waals surface area contributed by atoms with E-state index in [1.807, 2.05) is 45.9 Å². The van der Waals surface area contributed by atoms with E-state index in [1.54, 1.807) is 42.7 Å². The third-order valence-corrected chi connectivity index (χ3v) is 5.84. The Hall–Kier alpha value is -3.93. The van der Waals surface area contributed by atoms with Gasteiger partial charge in [-0.25, -0.2) is 0 Å². The minimum absolute atomic E-state index is 0.0405. The molecule has 174 valence electrons. The molecule has 0 spiro atoms. The minimum Gasteiger partial charge on any atom is -0.507 e. The van der Waals surface area contributed by atoms with E-state index in [0.29, 0.717) is 23.4 Å². The molecule has 1 aromatic heterocycles. The van der Waals surface area contributed by atoms with Crippen molar-refractivity contribution in [2.75, 3.05) is 11.5 Å². The summed E-state index contributed by atoms with van der Waals surface area (Å²) in [7, 11) is 0. The number of carbonyl (C=O) groups is 2. The van der Waals surface area contributed by atoms with Crippen LogP contribution in [0.2, 0.25) is 0 Å². The fourth-order valence-corrected chi connectivity index (χ4v) is 4.37. The van der Waals surface area contributed by atoms with E-state index in [2.05, 4.69) is 4.98 Å². The molecule has 1 aliphatic rings. The van der Waals surface area contributed by atoms with Crippen LogP contribution in [0.1, 0.15) is 47.2 Å². The molecule has 1 saturated heterocycles. The van der Waals surface area contributed by atoms with Crippen molar-refractivity contribution in [2.45, 2.75) is 40.2 Å². The number of aliphatic hydroxyl groups excluding tert-OH is 1. The van der Waals surface area contributed by atoms with Crippen molar-refractivity contribution in [3.8, 4) is 5.75 Å². The van der Waals surface area contributed by atoms with Gasteiger partial charge in [0.05, 0.1) is 18.2 Å². The van der Waals surface area contributed by atoms with Crippen molar-refractivity contribution in [3.63, 3.8) is 0 Å². The number of aromatic nitrogens is 1. The van der Waals surface area contributed by atoms with Gasteiger partial charge in [-0.3, -0.25) is 19.5 Å². The van der Waals surface area contributed by atoms with Crippen molar-refractivity contribution in [2.24, 2.45) is 0 Å². The summed E-state index contributed by atoms with van der Waals surface area (Å²) >= 11 is 0. The third-order valence-electron chi connectivity index (χ3n) is 5.84. The molecule has 6 heteroatoms. The molecule has 2 aromatic carbocycles. The predicted octanol–water partition coefficient (Wildman–Crippen LogP) is 5.42. The van der Waals surface area contributed by atoms with Crippen LogP contribution in [0.15, 0.2) is 66.5 Å². The summed E-state index contributed by atoms with van der Waals surface area (Å²) in [5.74, 6) is -0.906. The number of aliphatic hydroxyl groups is 1. The van der Waals surface area contributed by atoms with Crippen LogP contribution in [0.4, 0.5) is 5.69 Å². The molecule has 0 saturated carbocycles. The molecule has 0 aliphatic carbocycles. The van der Waals surface area contributed by atoms with Gasteiger partial charge in [-0.05, 0) is 85.8 Å². The van der Waals surface area contributed by atoms with Gasteiger partial charge in [-0.2, -0.15) is 0 Å². The molecule has 6 nitrogen and oxygen atoms in total. The Morgan fingerprint density at radius 1 is 1.06 bits per heavy atom. The Labute approximate surface area is 199 Å². The van der Waals surface area contributed by atoms with Gasteiger partial charge in [0.2, 0.25) is 0 Å². The first kappa shape index (κ1) is 23.2. The van der Waals surface area contributed by atoms with E-state index in [0.717, 1.165) is 28.9 Å². The van der Waals surface area contributed by atoms with E-state index in [9.17, 15) is 14.7 Å². The molecule has 2 heterocycles. The largest absolute Gasteiger partial charge is 0.507 e. The van der Waals surface area contributed by atoms with Gasteiger partial charge in [-0.1, -0.05) is 19.1 Å². The number of rotatable bonds is 6. The van der Waals surface area contributed by atoms with Crippen LogP contribution in [0.5, 0.6) is 5.75 Å². The molecule has 1 unspecified atom stereocenters. The molecule has 1 amide bonds. The number of ether oxygens (including phenoxy) is 1. The molecule has 0 bridgehead atoms. The highest BCUT2D eigenvalue weighted by molar-refractivity contribution is 6.51. The highest BCUT2D eigenvalue weighted by atomic mass is 16.5. The Balaban J connectivity index is 1.88. The average molecular weight is 457 g/mol. The number of nitrogens with zero attached hydrogens (tertiary/aromatic N) is 2. The van der Waals surface area contributed by atoms with Gasteiger partial charge in [0.1, 0.15) is 11.5 Å². The Morgan fingerprint density at radius 3 is 2.41 bits per heavy atom. The summed E-state index contributed by atoms with van der Waals surface area (Å²) in [4.78, 5) is 32.2. The lowest BCUT2D eigenvalue weighted by Crippen LogP contribution is -2.29. The van der Waals surface area contributed by atoms with Gasteiger partial charge in [0, 0.05) is 23.6 Å². The SMILES string of the molecule is CCCOc1ccc(/C(O)=C2/C(=O)C(=O)N(c3cc(C)cc(C)c3)C2c2cccnc2)cc1C. The van der Waals surface area contributed by atoms with Crippen LogP contribution in [0.3, 0.4) is 0 Å². The normalized spacial score (nSPS) is 17.3. The minimum atomic E-state index is -0.800. The second-order valence-electron chi connectivity index (χ2n) is 8.63. The standard InChI is InChI=1S/C28H28N2O4/c1-5-11-34-23-9-8-20(15-19(23)4)26(31)24-25(21-7-6-10-29-16-21)30(28(33)27(24)32)22-13-17(2)12-18(3)14-22/h6-10,12-16,25,31H,5,11H2,1-4H3/b26-24-. The molecule has 3 aromatic rings. The second kappa shape index (κ2) is 9.51. The van der Waals surface area contributed by atoms with Crippen LogP contribution in [0, 0.1) is 20.8 Å². The van der Waals surface area contributed by atoms with E-state index < -0.39 is 17.7 Å². The van der Waals surface area contributed by atoms with Crippen LogP contribution in [-0.4, -0.2) is 28.4 Å². The lowest BCUT2D eigenvalue weighted by molar-refractivity contribution is -0.132. The van der Waals surface area contributed by atoms with Crippen LogP contribution in [0.25, 0.3) is 5.76 Å². The predicted molar refractivity (Wildman–Crippen MR) is 132 cm³/mol. The highest BCUT2D eigenvalue weighted by Gasteiger charge is 2.47. The van der Waals surface area contributed by atoms with Gasteiger partial charge in [-0.15, -0.1) is 0 Å². The Morgan fingerprint density at radius 2 is 1.79 bits per heavy atom. The number of ketones is 1. The van der Waals surface area contributed by atoms with Crippen molar-refractivity contribution < 1.29 is 19.4 Å². The van der Waals surface area contributed by atoms with E-state index >= 15 is 0 Å². The topological polar surface area (TPSA) is 79.7 Å². The third kappa shape index (κ3) is 4.31. The average Bonchev–Trinajstić information content (AvgIpc) is 3.08. The number of benzene rings is 2. The van der Waals surface area contributed by atoms with Gasteiger partial charge >= 0.3 is 0 Å². The number of hydrogen-bond donors (Lipinski definition) is 1. The highest BCUT2D eigenvalue weighted by Crippen LogP contribution is 2.42. The molecular weight excluding hydrogens is 428 g/mol. The van der Waals surface area contributed by atoms with Gasteiger partial charge in [0.25, 0.3) is 11.7 Å². The molecule has 4 rings (SSSR count). The maximum Gasteiger partial charge on any atom is 0.300 e. The zero-order chi connectivity index (χ0) is 24.4. The molecule has 34 heavy (non-hydrogen) atoms. The lowest BCUT2D eigenvalue weighted by Gasteiger charge is -2.26. The molecule has 1 atom stereocenters. The number of Topliss-reactive ketones (excluding diaryl/α,β-unsaturated/α-hetero) is 1. The van der Waals surface area contributed by atoms with E-state index in [4.69, 9.17) is 4.74 Å². The smallest absolute Gasteiger partial charge is 0.300 e. The van der Waals surface area contributed by atoms with Crippen LogP contribution in [-0.2, 0) is 9.59 Å². The monoisotopic (exact) mass is 456 g/mol. The number of anilines is 1. The van der Waals surface area contributed by atoms with Crippen molar-refractivity contribution >= 4 is 23.1 Å². The zero-order valence-electron chi connectivity index (χ0n) is 19.8. The van der Waals surface area contributed by atoms with Crippen LogP contribution < -0.4 is 9.64 Å². The quantitative estimate of drug-likeness (QED) is 0.304. The zero-order valence-corrected chi connectivity index (χ0v) is 19.8. The van der Waals surface area contributed by atoms with Crippen LogP contribution >= 0.6 is 0 Å². The second-order valence-corrected chi connectivity index (χ2v) is 8.63. The van der Waals surface area contributed by atoms with Gasteiger partial charge in [0.15, 0.2) is 0 Å². The summed E-state index contributed by atoms with van der Waals surface area (Å²) in [5.41, 5.74) is 4.51. The summed E-state index contributed by atoms with van der Waals surface area (Å²) in [5, 5.41) is 11.3. The molecular formula is C28H28N2O4. The van der Waals surface area contributed by atoms with Crippen molar-refractivity contribution in [1.82, 2.24) is 4.98 Å². The first-order valence-electron chi connectivity index (χ1n) is 11.3. The van der Waals surface area contributed by atoms with E-state index in [1.165, 1.54) is 4.90 Å². The van der Waals surface area contributed by atoms with Crippen molar-refractivity contribution in [3.05, 3.63) is 94.3 Å². The summed E-state index contributed by atoms with van der Waals surface area (Å²) in [6.07, 6.45) is 4.13. The molecule has 1 N–H and O–H groups in total. The first-order chi connectivity index (χ1) is 16.3. The molecule has 1 aliphatic heterocycles. The fourth-order valence-electron chi connectivity index (χ4n) is 4.37. The summed E-state index contributed by atoms with van der Waals surface area (Å²) < 4.78 is 5.74.